The molecule has 2 unspecified atom stereocenters. The molecular weight excluding hydrogens is 899 g/mol. The summed E-state index contributed by atoms with van der Waals surface area (Å²) in [6, 6.07) is 12.4. The van der Waals surface area contributed by atoms with E-state index in [4.69, 9.17) is 5.73 Å². The zero-order chi connectivity index (χ0) is 48.7. The van der Waals surface area contributed by atoms with Crippen LogP contribution in [0, 0.1) is 5.82 Å². The fourth-order valence-corrected chi connectivity index (χ4v) is 9.11. The molecule has 5 aromatic rings. The number of aromatic amines is 1. The van der Waals surface area contributed by atoms with E-state index in [-0.39, 0.29) is 41.3 Å². The highest BCUT2D eigenvalue weighted by atomic mass is 19.4. The summed E-state index contributed by atoms with van der Waals surface area (Å²) in [6.45, 7) is 4.05. The van der Waals surface area contributed by atoms with Crippen LogP contribution in [0.15, 0.2) is 73.1 Å². The molecule has 2 aromatic carbocycles. The zero-order valence-electron chi connectivity index (χ0n) is 37.8. The summed E-state index contributed by atoms with van der Waals surface area (Å²) in [4.78, 5) is 77.1. The van der Waals surface area contributed by atoms with Gasteiger partial charge in [-0.2, -0.15) is 18.3 Å². The number of anilines is 3. The number of alkyl halides is 3. The highest BCUT2D eigenvalue weighted by Crippen LogP contribution is 2.34. The van der Waals surface area contributed by atoms with Crippen molar-refractivity contribution in [3.05, 3.63) is 101 Å². The number of halogens is 4. The monoisotopic (exact) mass is 951 g/mol. The van der Waals surface area contributed by atoms with E-state index >= 15 is 4.39 Å². The minimum atomic E-state index is -4.57. The number of allylic oxidation sites excluding steroid dienone is 1. The molecule has 0 spiro atoms. The van der Waals surface area contributed by atoms with Crippen molar-refractivity contribution in [1.29, 1.82) is 0 Å². The number of rotatable bonds is 16. The molecule has 362 valence electrons. The molecule has 16 nitrogen and oxygen atoms in total. The Bertz CT molecular complexity index is 2740. The number of hydrogen-bond acceptors (Lipinski definition) is 11. The number of pyridine rings is 2. The number of nitrogens with one attached hydrogen (secondary N) is 4. The molecule has 0 radical (unpaired) electrons. The summed E-state index contributed by atoms with van der Waals surface area (Å²) in [7, 11) is 0. The topological polar surface area (TPSA) is 212 Å². The van der Waals surface area contributed by atoms with Crippen molar-refractivity contribution in [2.75, 3.05) is 61.8 Å². The van der Waals surface area contributed by atoms with E-state index < -0.39 is 41.3 Å². The van der Waals surface area contributed by atoms with Crippen LogP contribution in [0.3, 0.4) is 0 Å². The van der Waals surface area contributed by atoms with E-state index in [2.05, 4.69) is 41.0 Å². The quantitative estimate of drug-likeness (QED) is 0.0414. The van der Waals surface area contributed by atoms with Gasteiger partial charge >= 0.3 is 6.18 Å². The maximum Gasteiger partial charge on any atom is 0.416 e. The predicted molar refractivity (Wildman–Crippen MR) is 251 cm³/mol. The Morgan fingerprint density at radius 1 is 0.928 bits per heavy atom. The Morgan fingerprint density at radius 3 is 2.48 bits per heavy atom. The van der Waals surface area contributed by atoms with E-state index in [0.717, 1.165) is 56.0 Å². The van der Waals surface area contributed by atoms with Gasteiger partial charge in [-0.1, -0.05) is 36.8 Å². The van der Waals surface area contributed by atoms with Gasteiger partial charge in [0.05, 0.1) is 28.2 Å². The van der Waals surface area contributed by atoms with Crippen LogP contribution in [-0.4, -0.2) is 111 Å². The molecule has 2 atom stereocenters. The fourth-order valence-electron chi connectivity index (χ4n) is 9.11. The average molecular weight is 952 g/mol. The number of unbranched alkanes of at least 4 members (excludes halogenated alkanes) is 3. The maximum atomic E-state index is 15.2. The second kappa shape index (κ2) is 21.4. The van der Waals surface area contributed by atoms with Crippen LogP contribution < -0.4 is 26.6 Å². The van der Waals surface area contributed by atoms with Gasteiger partial charge in [-0.25, -0.2) is 14.4 Å². The molecule has 0 bridgehead atoms. The lowest BCUT2D eigenvalue weighted by Crippen LogP contribution is -2.49. The normalized spacial score (nSPS) is 18.0. The Labute approximate surface area is 395 Å². The van der Waals surface area contributed by atoms with Crippen molar-refractivity contribution >= 4 is 63.8 Å². The van der Waals surface area contributed by atoms with Crippen LogP contribution in [-0.2, 0) is 25.4 Å². The smallest absolute Gasteiger partial charge is 0.383 e. The number of nitrogens with zero attached hydrogens (tertiary/aromatic N) is 6. The van der Waals surface area contributed by atoms with Gasteiger partial charge < -0.3 is 26.2 Å². The Balaban J connectivity index is 0.735. The van der Waals surface area contributed by atoms with Gasteiger partial charge in [-0.05, 0) is 80.5 Å². The lowest BCUT2D eigenvalue weighted by Gasteiger charge is -2.36. The molecule has 6 N–H and O–H groups in total. The number of likely N-dealkylation sites (tertiary alicyclic amines) is 1. The highest BCUT2D eigenvalue weighted by Gasteiger charge is 2.35. The number of H-pyrrole nitrogens is 1. The first-order chi connectivity index (χ1) is 33.2. The number of amides is 5. The molecule has 3 aliphatic heterocycles. The third-order valence-electron chi connectivity index (χ3n) is 12.9. The fraction of sp³-hybridized carbons (Fsp3) is 0.388. The van der Waals surface area contributed by atoms with Gasteiger partial charge in [0.1, 0.15) is 29.0 Å². The predicted octanol–water partition coefficient (Wildman–Crippen LogP) is 6.43. The standard InChI is InChI=1S/C49H53F4N11O5/c50-36-27-32(35-14-16-40(65)59-47(35)68)13-15-37(36)63-25-23-62(24-26-63)22-18-41(66)64-21-6-8-38(64)48(69)56-19-5-3-1-2-4-7-33-29-57-45(54)42-43(60-61-44(33)42)30-9-11-31(12-10-30)46(67)58-39-28-34(17-20-55-39)49(51,52)53/h4,7,9-13,15,17,20,27-29,35,38H,1-3,5-6,8,14,16,18-19,21-26H2,(H2,54,57)(H,56,69)(H,60,61)(H,55,58,67)(H,59,65,68)/b7-4+. The number of benzene rings is 2. The largest absolute Gasteiger partial charge is 0.416 e. The van der Waals surface area contributed by atoms with E-state index in [1.54, 1.807) is 35.4 Å². The van der Waals surface area contributed by atoms with Crippen LogP contribution in [0.5, 0.6) is 0 Å². The summed E-state index contributed by atoms with van der Waals surface area (Å²) in [6.07, 6.45) is 7.56. The number of piperazine rings is 1. The molecule has 8 rings (SSSR count). The number of imide groups is 1. The first-order valence-corrected chi connectivity index (χ1v) is 23.1. The first-order valence-electron chi connectivity index (χ1n) is 23.1. The van der Waals surface area contributed by atoms with Gasteiger partial charge in [-0.3, -0.25) is 39.3 Å². The second-order valence-electron chi connectivity index (χ2n) is 17.5. The molecule has 5 amide bonds. The van der Waals surface area contributed by atoms with E-state index in [1.807, 2.05) is 17.1 Å². The van der Waals surface area contributed by atoms with Gasteiger partial charge in [0.25, 0.3) is 5.91 Å². The molecule has 3 fully saturated rings. The number of nitrogen functional groups attached to an aromatic ring is 1. The lowest BCUT2D eigenvalue weighted by atomic mass is 9.90. The molecule has 3 aromatic heterocycles. The maximum absolute atomic E-state index is 15.2. The minimum Gasteiger partial charge on any atom is -0.383 e. The molecule has 3 aliphatic rings. The van der Waals surface area contributed by atoms with Crippen molar-refractivity contribution in [2.45, 2.75) is 75.9 Å². The van der Waals surface area contributed by atoms with Crippen LogP contribution in [0.4, 0.5) is 34.9 Å². The van der Waals surface area contributed by atoms with Crippen molar-refractivity contribution in [3.63, 3.8) is 0 Å². The molecule has 69 heavy (non-hydrogen) atoms. The van der Waals surface area contributed by atoms with Gasteiger partial charge in [0.15, 0.2) is 0 Å². The summed E-state index contributed by atoms with van der Waals surface area (Å²) >= 11 is 0. The molecule has 6 heterocycles. The van der Waals surface area contributed by atoms with Crippen LogP contribution in [0.2, 0.25) is 0 Å². The number of carbonyl (C=O) groups is 5. The van der Waals surface area contributed by atoms with Crippen LogP contribution >= 0.6 is 0 Å². The van der Waals surface area contributed by atoms with E-state index in [9.17, 15) is 37.1 Å². The first kappa shape index (κ1) is 48.2. The zero-order valence-corrected chi connectivity index (χ0v) is 37.8. The lowest BCUT2D eigenvalue weighted by molar-refractivity contribution is -0.138. The highest BCUT2D eigenvalue weighted by molar-refractivity contribution is 6.06. The van der Waals surface area contributed by atoms with Crippen molar-refractivity contribution in [3.8, 4) is 11.3 Å². The Hall–Kier alpha value is -7.22. The van der Waals surface area contributed by atoms with E-state index in [0.29, 0.717) is 98.5 Å². The number of carbonyl (C=O) groups excluding carboxylic acids is 5. The molecule has 0 saturated carbocycles. The third kappa shape index (κ3) is 11.6. The van der Waals surface area contributed by atoms with Gasteiger partial charge in [0.2, 0.25) is 23.6 Å². The molecular formula is C49H53F4N11O5. The van der Waals surface area contributed by atoms with Crippen molar-refractivity contribution < 1.29 is 41.5 Å². The number of nitrogens with two attached hydrogens (primary N) is 1. The van der Waals surface area contributed by atoms with Gasteiger partial charge in [-0.15, -0.1) is 0 Å². The average Bonchev–Trinajstić information content (AvgIpc) is 4.02. The van der Waals surface area contributed by atoms with Gasteiger partial charge in [0, 0.05) is 87.7 Å². The number of hydrogen-bond donors (Lipinski definition) is 5. The Morgan fingerprint density at radius 2 is 1.72 bits per heavy atom. The number of piperidine rings is 1. The van der Waals surface area contributed by atoms with E-state index in [1.165, 1.54) is 18.2 Å². The second-order valence-corrected chi connectivity index (χ2v) is 17.5. The third-order valence-corrected chi connectivity index (χ3v) is 12.9. The summed E-state index contributed by atoms with van der Waals surface area (Å²) in [5, 5.41) is 15.9. The summed E-state index contributed by atoms with van der Waals surface area (Å²) in [5.74, 6) is -2.44. The number of fused-ring (bicyclic) bond motifs is 1. The van der Waals surface area contributed by atoms with Crippen molar-refractivity contribution in [1.82, 2.24) is 40.6 Å². The Kier molecular flexibility index (Phi) is 15.0. The van der Waals surface area contributed by atoms with Crippen LogP contribution in [0.1, 0.15) is 90.8 Å². The van der Waals surface area contributed by atoms with Crippen molar-refractivity contribution in [2.24, 2.45) is 0 Å². The van der Waals surface area contributed by atoms with Crippen LogP contribution in [0.25, 0.3) is 28.2 Å². The SMILES string of the molecule is Nc1ncc(/C=C/CCCCCNC(=O)C2CCCN2C(=O)CCN2CCN(c3ccc(C4CCC(=O)NC4=O)cc3F)CC2)c2n[nH]c(-c3ccc(C(=O)Nc4cc(C(F)(F)F)ccn4)cc3)c12. The molecule has 20 heteroatoms. The summed E-state index contributed by atoms with van der Waals surface area (Å²) < 4.78 is 54.5. The molecule has 0 aliphatic carbocycles. The number of aromatic nitrogens is 4. The molecule has 3 saturated heterocycles. The minimum absolute atomic E-state index is 0.0490. The summed E-state index contributed by atoms with van der Waals surface area (Å²) in [5.41, 5.74) is 9.20.